The van der Waals surface area contributed by atoms with Crippen molar-refractivity contribution >= 4 is 29.8 Å². The molecule has 0 saturated carbocycles. The molecular weight excluding hydrogens is 338 g/mol. The van der Waals surface area contributed by atoms with Crippen LogP contribution < -0.4 is 11.1 Å². The van der Waals surface area contributed by atoms with Crippen LogP contribution in [-0.2, 0) is 11.3 Å². The second-order valence-corrected chi connectivity index (χ2v) is 5.63. The quantitative estimate of drug-likeness (QED) is 0.709. The van der Waals surface area contributed by atoms with Crippen LogP contribution in [0.5, 0.6) is 0 Å². The van der Waals surface area contributed by atoms with Crippen LogP contribution in [0.4, 0.5) is 5.69 Å². The molecule has 25 heavy (non-hydrogen) atoms. The number of carbonyl (C=O) groups excluding carboxylic acids is 2. The van der Waals surface area contributed by atoms with Crippen LogP contribution in [-0.4, -0.2) is 36.2 Å². The first-order chi connectivity index (χ1) is 11.6. The summed E-state index contributed by atoms with van der Waals surface area (Å²) in [4.78, 5) is 26.0. The van der Waals surface area contributed by atoms with Gasteiger partial charge in [0.15, 0.2) is 5.78 Å². The van der Waals surface area contributed by atoms with Gasteiger partial charge in [-0.3, -0.25) is 14.5 Å². The highest BCUT2D eigenvalue weighted by Crippen LogP contribution is 2.15. The zero-order valence-corrected chi connectivity index (χ0v) is 15.1. The van der Waals surface area contributed by atoms with Crippen molar-refractivity contribution < 1.29 is 9.59 Å². The molecule has 0 fully saturated rings. The number of para-hydroxylation sites is 1. The van der Waals surface area contributed by atoms with E-state index in [-0.39, 0.29) is 30.6 Å². The number of nitrogens with zero attached hydrogens (tertiary/aromatic N) is 1. The first-order valence-corrected chi connectivity index (χ1v) is 7.96. The second kappa shape index (κ2) is 10.6. The Labute approximate surface area is 154 Å². The smallest absolute Gasteiger partial charge is 0.238 e. The number of hydrogen-bond acceptors (Lipinski definition) is 4. The summed E-state index contributed by atoms with van der Waals surface area (Å²) >= 11 is 0. The van der Waals surface area contributed by atoms with Crippen LogP contribution in [0.1, 0.15) is 22.8 Å². The lowest BCUT2D eigenvalue weighted by atomic mass is 10.1. The van der Waals surface area contributed by atoms with Gasteiger partial charge in [0.1, 0.15) is 0 Å². The topological polar surface area (TPSA) is 75.4 Å². The van der Waals surface area contributed by atoms with E-state index >= 15 is 0 Å². The molecule has 2 aromatic carbocycles. The molecule has 0 spiro atoms. The van der Waals surface area contributed by atoms with E-state index in [0.29, 0.717) is 30.9 Å². The number of benzene rings is 2. The Hall–Kier alpha value is -2.21. The Kier molecular flexibility index (Phi) is 8.84. The minimum atomic E-state index is -0.159. The number of hydrogen-bond donors (Lipinski definition) is 2. The summed E-state index contributed by atoms with van der Waals surface area (Å²) < 4.78 is 0. The summed E-state index contributed by atoms with van der Waals surface area (Å²) in [5.74, 6) is -0.234. The molecule has 0 bridgehead atoms. The summed E-state index contributed by atoms with van der Waals surface area (Å²) in [5, 5.41) is 2.82. The van der Waals surface area contributed by atoms with Crippen LogP contribution in [0, 0.1) is 0 Å². The van der Waals surface area contributed by atoms with Gasteiger partial charge in [-0.25, -0.2) is 0 Å². The lowest BCUT2D eigenvalue weighted by Crippen LogP contribution is -2.36. The van der Waals surface area contributed by atoms with E-state index in [2.05, 4.69) is 5.32 Å². The standard InChI is InChI=1S/C19H23N3O2.ClH/c1-15(23)17-9-5-6-10-18(17)21-19(24)14-22(12-11-20)13-16-7-3-2-4-8-16;/h2-10H,11-14,20H2,1H3,(H,21,24);1H. The van der Waals surface area contributed by atoms with Gasteiger partial charge in [0, 0.05) is 25.2 Å². The molecule has 2 rings (SSSR count). The maximum Gasteiger partial charge on any atom is 0.238 e. The zero-order chi connectivity index (χ0) is 17.4. The molecule has 1 amide bonds. The van der Waals surface area contributed by atoms with Gasteiger partial charge in [0.25, 0.3) is 0 Å². The number of amides is 1. The normalized spacial score (nSPS) is 10.2. The number of carbonyl (C=O) groups is 2. The van der Waals surface area contributed by atoms with Gasteiger partial charge in [-0.15, -0.1) is 12.4 Å². The Morgan fingerprint density at radius 1 is 1.04 bits per heavy atom. The molecular formula is C19H24ClN3O2. The number of ketones is 1. The number of nitrogens with one attached hydrogen (secondary N) is 1. The molecule has 0 aliphatic heterocycles. The van der Waals surface area contributed by atoms with Crippen molar-refractivity contribution in [2.75, 3.05) is 25.0 Å². The van der Waals surface area contributed by atoms with E-state index in [1.165, 1.54) is 6.92 Å². The van der Waals surface area contributed by atoms with E-state index in [1.54, 1.807) is 24.3 Å². The maximum atomic E-state index is 12.4. The third-order valence-corrected chi connectivity index (χ3v) is 3.64. The highest BCUT2D eigenvalue weighted by atomic mass is 35.5. The number of rotatable bonds is 8. The minimum absolute atomic E-state index is 0. The van der Waals surface area contributed by atoms with Gasteiger partial charge in [-0.1, -0.05) is 42.5 Å². The molecule has 0 atom stereocenters. The summed E-state index contributed by atoms with van der Waals surface area (Å²) in [6.45, 7) is 3.46. The van der Waals surface area contributed by atoms with Crippen LogP contribution in [0.3, 0.4) is 0 Å². The maximum absolute atomic E-state index is 12.4. The summed E-state index contributed by atoms with van der Waals surface area (Å²) in [6, 6.07) is 17.0. The van der Waals surface area contributed by atoms with E-state index in [1.807, 2.05) is 35.2 Å². The fourth-order valence-electron chi connectivity index (χ4n) is 2.53. The second-order valence-electron chi connectivity index (χ2n) is 5.63. The van der Waals surface area contributed by atoms with E-state index in [4.69, 9.17) is 5.73 Å². The van der Waals surface area contributed by atoms with Gasteiger partial charge >= 0.3 is 0 Å². The van der Waals surface area contributed by atoms with Crippen molar-refractivity contribution in [3.63, 3.8) is 0 Å². The molecule has 0 heterocycles. The molecule has 0 saturated heterocycles. The molecule has 2 aromatic rings. The fourth-order valence-corrected chi connectivity index (χ4v) is 2.53. The first-order valence-electron chi connectivity index (χ1n) is 7.96. The molecule has 0 aliphatic carbocycles. The van der Waals surface area contributed by atoms with Gasteiger partial charge in [0.2, 0.25) is 5.91 Å². The van der Waals surface area contributed by atoms with Crippen LogP contribution in [0.2, 0.25) is 0 Å². The summed E-state index contributed by atoms with van der Waals surface area (Å²) in [5.41, 5.74) is 7.84. The monoisotopic (exact) mass is 361 g/mol. The highest BCUT2D eigenvalue weighted by molar-refractivity contribution is 6.04. The SMILES string of the molecule is CC(=O)c1ccccc1NC(=O)CN(CCN)Cc1ccccc1.Cl. The van der Waals surface area contributed by atoms with Crippen LogP contribution in [0.15, 0.2) is 54.6 Å². The molecule has 3 N–H and O–H groups in total. The number of halogens is 1. The Morgan fingerprint density at radius 3 is 2.32 bits per heavy atom. The van der Waals surface area contributed by atoms with E-state index in [9.17, 15) is 9.59 Å². The predicted molar refractivity (Wildman–Crippen MR) is 103 cm³/mol. The third kappa shape index (κ3) is 6.66. The lowest BCUT2D eigenvalue weighted by molar-refractivity contribution is -0.117. The van der Waals surface area contributed by atoms with Crippen molar-refractivity contribution in [2.24, 2.45) is 5.73 Å². The summed E-state index contributed by atoms with van der Waals surface area (Å²) in [6.07, 6.45) is 0. The van der Waals surface area contributed by atoms with Gasteiger partial charge in [0.05, 0.1) is 12.2 Å². The third-order valence-electron chi connectivity index (χ3n) is 3.64. The van der Waals surface area contributed by atoms with E-state index < -0.39 is 0 Å². The van der Waals surface area contributed by atoms with Gasteiger partial charge in [-0.05, 0) is 24.6 Å². The minimum Gasteiger partial charge on any atom is -0.329 e. The molecule has 0 unspecified atom stereocenters. The predicted octanol–water partition coefficient (Wildman–Crippen LogP) is 2.71. The van der Waals surface area contributed by atoms with E-state index in [0.717, 1.165) is 5.56 Å². The van der Waals surface area contributed by atoms with Crippen LogP contribution in [0.25, 0.3) is 0 Å². The number of nitrogens with two attached hydrogens (primary N) is 1. The van der Waals surface area contributed by atoms with Crippen molar-refractivity contribution in [2.45, 2.75) is 13.5 Å². The Balaban J connectivity index is 0.00000312. The molecule has 6 heteroatoms. The Bertz CT molecular complexity index is 692. The Morgan fingerprint density at radius 2 is 1.68 bits per heavy atom. The lowest BCUT2D eigenvalue weighted by Gasteiger charge is -2.21. The fraction of sp³-hybridized carbons (Fsp3) is 0.263. The average molecular weight is 362 g/mol. The molecule has 5 nitrogen and oxygen atoms in total. The first kappa shape index (κ1) is 20.8. The zero-order valence-electron chi connectivity index (χ0n) is 14.3. The average Bonchev–Trinajstić information content (AvgIpc) is 2.56. The van der Waals surface area contributed by atoms with Crippen molar-refractivity contribution in [1.82, 2.24) is 4.90 Å². The largest absolute Gasteiger partial charge is 0.329 e. The van der Waals surface area contributed by atoms with Gasteiger partial charge < -0.3 is 11.1 Å². The molecule has 0 aromatic heterocycles. The molecule has 134 valence electrons. The van der Waals surface area contributed by atoms with Crippen molar-refractivity contribution in [3.8, 4) is 0 Å². The summed E-state index contributed by atoms with van der Waals surface area (Å²) in [7, 11) is 0. The molecule has 0 aliphatic rings. The van der Waals surface area contributed by atoms with Crippen molar-refractivity contribution in [1.29, 1.82) is 0 Å². The molecule has 0 radical (unpaired) electrons. The van der Waals surface area contributed by atoms with Crippen LogP contribution >= 0.6 is 12.4 Å². The highest BCUT2D eigenvalue weighted by Gasteiger charge is 2.13. The van der Waals surface area contributed by atoms with Gasteiger partial charge in [-0.2, -0.15) is 0 Å². The number of Topliss-reactive ketones (excluding diaryl/α,β-unsaturated/α-hetero) is 1. The van der Waals surface area contributed by atoms with Crippen molar-refractivity contribution in [3.05, 3.63) is 65.7 Å². The number of anilines is 1.